The summed E-state index contributed by atoms with van der Waals surface area (Å²) in [4.78, 5) is 15.9. The Balaban J connectivity index is 1.64. The number of nitrogens with one attached hydrogen (secondary N) is 1. The van der Waals surface area contributed by atoms with E-state index >= 15 is 0 Å². The minimum Gasteiger partial charge on any atom is -0.381 e. The molecule has 0 unspecified atom stereocenters. The summed E-state index contributed by atoms with van der Waals surface area (Å²) < 4.78 is 5.51. The zero-order valence-corrected chi connectivity index (χ0v) is 12.1. The quantitative estimate of drug-likeness (QED) is 0.578. The summed E-state index contributed by atoms with van der Waals surface area (Å²) in [6.07, 6.45) is 5.00. The normalized spacial score (nSPS) is 13.4. The van der Waals surface area contributed by atoms with Crippen molar-refractivity contribution < 1.29 is 9.53 Å². The molecule has 1 aromatic rings. The highest BCUT2D eigenvalue weighted by Crippen LogP contribution is 2.28. The third kappa shape index (κ3) is 5.94. The van der Waals surface area contributed by atoms with E-state index in [1.165, 1.54) is 12.8 Å². The Morgan fingerprint density at radius 1 is 1.48 bits per heavy atom. The molecule has 1 heterocycles. The molecule has 0 aromatic carbocycles. The predicted molar refractivity (Wildman–Crippen MR) is 80.7 cm³/mol. The van der Waals surface area contributed by atoms with E-state index < -0.39 is 0 Å². The van der Waals surface area contributed by atoms with Crippen molar-refractivity contribution in [3.63, 3.8) is 0 Å². The molecule has 0 bridgehead atoms. The summed E-state index contributed by atoms with van der Waals surface area (Å²) in [7, 11) is 0. The number of amides is 1. The van der Waals surface area contributed by atoms with Crippen LogP contribution in [0.2, 0.25) is 0 Å². The van der Waals surface area contributed by atoms with Crippen LogP contribution in [-0.2, 0) is 4.74 Å². The van der Waals surface area contributed by atoms with Gasteiger partial charge in [-0.25, -0.2) is 4.98 Å². The second-order valence-electron chi connectivity index (χ2n) is 5.07. The van der Waals surface area contributed by atoms with Gasteiger partial charge in [0, 0.05) is 31.5 Å². The van der Waals surface area contributed by atoms with Crippen molar-refractivity contribution in [3.05, 3.63) is 29.6 Å². The highest BCUT2D eigenvalue weighted by molar-refractivity contribution is 5.92. The van der Waals surface area contributed by atoms with Crippen LogP contribution < -0.4 is 11.1 Å². The smallest absolute Gasteiger partial charge is 0.269 e. The molecule has 0 aliphatic heterocycles. The van der Waals surface area contributed by atoms with Gasteiger partial charge in [-0.2, -0.15) is 0 Å². The molecule has 3 N–H and O–H groups in total. The fourth-order valence-corrected chi connectivity index (χ4v) is 1.76. The lowest BCUT2D eigenvalue weighted by Gasteiger charge is -2.05. The molecule has 5 nitrogen and oxygen atoms in total. The molecule has 1 aromatic heterocycles. The molecule has 1 aliphatic carbocycles. The number of nitrogens with zero attached hydrogens (tertiary/aromatic N) is 1. The SMILES string of the molecule is NCC#Cc1ccc(C(=O)NCCCOCC2CC2)nc1. The largest absolute Gasteiger partial charge is 0.381 e. The first-order valence-corrected chi connectivity index (χ1v) is 7.30. The molecule has 21 heavy (non-hydrogen) atoms. The molecule has 1 saturated carbocycles. The topological polar surface area (TPSA) is 77.2 Å². The van der Waals surface area contributed by atoms with Gasteiger partial charge in [-0.3, -0.25) is 4.79 Å². The summed E-state index contributed by atoms with van der Waals surface area (Å²) in [6, 6.07) is 3.43. The molecule has 2 rings (SSSR count). The molecule has 1 amide bonds. The van der Waals surface area contributed by atoms with Crippen molar-refractivity contribution in [1.82, 2.24) is 10.3 Å². The van der Waals surface area contributed by atoms with Crippen molar-refractivity contribution >= 4 is 5.91 Å². The van der Waals surface area contributed by atoms with Crippen LogP contribution in [-0.4, -0.2) is 37.2 Å². The van der Waals surface area contributed by atoms with E-state index in [1.54, 1.807) is 18.3 Å². The van der Waals surface area contributed by atoms with Gasteiger partial charge in [-0.05, 0) is 37.3 Å². The van der Waals surface area contributed by atoms with Gasteiger partial charge in [-0.15, -0.1) is 0 Å². The van der Waals surface area contributed by atoms with E-state index in [-0.39, 0.29) is 5.91 Å². The van der Waals surface area contributed by atoms with Gasteiger partial charge in [0.2, 0.25) is 0 Å². The number of aromatic nitrogens is 1. The molecule has 5 heteroatoms. The van der Waals surface area contributed by atoms with Crippen LogP contribution in [0.1, 0.15) is 35.3 Å². The fourth-order valence-electron chi connectivity index (χ4n) is 1.76. The first-order valence-electron chi connectivity index (χ1n) is 7.30. The van der Waals surface area contributed by atoms with Gasteiger partial charge >= 0.3 is 0 Å². The zero-order valence-electron chi connectivity index (χ0n) is 12.1. The number of carbonyl (C=O) groups excluding carboxylic acids is 1. The van der Waals surface area contributed by atoms with Crippen LogP contribution in [0.15, 0.2) is 18.3 Å². The van der Waals surface area contributed by atoms with Gasteiger partial charge in [0.15, 0.2) is 0 Å². The number of nitrogens with two attached hydrogens (primary N) is 1. The predicted octanol–water partition coefficient (Wildman–Crippen LogP) is 0.938. The summed E-state index contributed by atoms with van der Waals surface area (Å²) in [5.74, 6) is 6.22. The summed E-state index contributed by atoms with van der Waals surface area (Å²) >= 11 is 0. The van der Waals surface area contributed by atoms with Crippen molar-refractivity contribution in [1.29, 1.82) is 0 Å². The number of pyridine rings is 1. The first-order chi connectivity index (χ1) is 10.3. The Hall–Kier alpha value is -1.90. The van der Waals surface area contributed by atoms with Crippen LogP contribution >= 0.6 is 0 Å². The van der Waals surface area contributed by atoms with Gasteiger partial charge < -0.3 is 15.8 Å². The molecule has 1 fully saturated rings. The Morgan fingerprint density at radius 2 is 2.33 bits per heavy atom. The third-order valence-corrected chi connectivity index (χ3v) is 3.13. The van der Waals surface area contributed by atoms with Crippen LogP contribution in [0, 0.1) is 17.8 Å². The fraction of sp³-hybridized carbons (Fsp3) is 0.500. The lowest BCUT2D eigenvalue weighted by molar-refractivity contribution is 0.0932. The average Bonchev–Trinajstić information content (AvgIpc) is 3.33. The van der Waals surface area contributed by atoms with E-state index in [9.17, 15) is 4.79 Å². The van der Waals surface area contributed by atoms with Crippen molar-refractivity contribution in [3.8, 4) is 11.8 Å². The van der Waals surface area contributed by atoms with Crippen LogP contribution in [0.4, 0.5) is 0 Å². The Kier molecular flexibility index (Phi) is 6.20. The number of rotatable bonds is 7. The third-order valence-electron chi connectivity index (χ3n) is 3.13. The second-order valence-corrected chi connectivity index (χ2v) is 5.07. The average molecular weight is 287 g/mol. The monoisotopic (exact) mass is 287 g/mol. The minimum atomic E-state index is -0.171. The summed E-state index contributed by atoms with van der Waals surface area (Å²) in [5.41, 5.74) is 6.45. The van der Waals surface area contributed by atoms with Crippen molar-refractivity contribution in [2.24, 2.45) is 11.7 Å². The molecule has 112 valence electrons. The minimum absolute atomic E-state index is 0.171. The number of hydrogen-bond donors (Lipinski definition) is 2. The molecular formula is C16H21N3O2. The molecule has 1 aliphatic rings. The Morgan fingerprint density at radius 3 is 3.00 bits per heavy atom. The zero-order chi connectivity index (χ0) is 14.9. The second kappa shape index (κ2) is 8.40. The summed E-state index contributed by atoms with van der Waals surface area (Å²) in [6.45, 7) is 2.46. The number of hydrogen-bond acceptors (Lipinski definition) is 4. The van der Waals surface area contributed by atoms with Gasteiger partial charge in [-0.1, -0.05) is 11.8 Å². The Labute approximate surface area is 125 Å². The maximum atomic E-state index is 11.9. The van der Waals surface area contributed by atoms with Gasteiger partial charge in [0.1, 0.15) is 5.69 Å². The highest BCUT2D eigenvalue weighted by Gasteiger charge is 2.20. The first kappa shape index (κ1) is 15.5. The van der Waals surface area contributed by atoms with Crippen LogP contribution in [0.5, 0.6) is 0 Å². The van der Waals surface area contributed by atoms with E-state index in [1.807, 2.05) is 0 Å². The Bertz CT molecular complexity index is 513. The van der Waals surface area contributed by atoms with Crippen LogP contribution in [0.3, 0.4) is 0 Å². The van der Waals surface area contributed by atoms with Gasteiger partial charge in [0.25, 0.3) is 5.91 Å². The standard InChI is InChI=1S/C16H21N3O2/c17-8-1-3-13-6-7-15(19-11-13)16(20)18-9-2-10-21-12-14-4-5-14/h6-7,11,14H,2,4-5,8-10,12,17H2,(H,18,20). The lowest BCUT2D eigenvalue weighted by Crippen LogP contribution is -2.26. The maximum Gasteiger partial charge on any atom is 0.269 e. The molecule has 0 radical (unpaired) electrons. The lowest BCUT2D eigenvalue weighted by atomic mass is 10.2. The molecule has 0 saturated heterocycles. The molecule has 0 spiro atoms. The maximum absolute atomic E-state index is 11.9. The molecular weight excluding hydrogens is 266 g/mol. The van der Waals surface area contributed by atoms with Crippen LogP contribution in [0.25, 0.3) is 0 Å². The van der Waals surface area contributed by atoms with Gasteiger partial charge in [0.05, 0.1) is 6.54 Å². The number of carbonyl (C=O) groups is 1. The van der Waals surface area contributed by atoms with E-state index in [0.717, 1.165) is 24.5 Å². The van der Waals surface area contributed by atoms with E-state index in [2.05, 4.69) is 22.1 Å². The molecule has 0 atom stereocenters. The van der Waals surface area contributed by atoms with E-state index in [4.69, 9.17) is 10.5 Å². The highest BCUT2D eigenvalue weighted by atomic mass is 16.5. The van der Waals surface area contributed by atoms with Crippen molar-refractivity contribution in [2.45, 2.75) is 19.3 Å². The summed E-state index contributed by atoms with van der Waals surface area (Å²) in [5, 5.41) is 2.83. The van der Waals surface area contributed by atoms with E-state index in [0.29, 0.717) is 25.4 Å². The van der Waals surface area contributed by atoms with Crippen molar-refractivity contribution in [2.75, 3.05) is 26.3 Å². The number of ether oxygens (including phenoxy) is 1.